The molecule has 2 atom stereocenters. The number of hydrogen-bond acceptors (Lipinski definition) is 5. The van der Waals surface area contributed by atoms with Gasteiger partial charge in [0, 0.05) is 18.8 Å². The predicted molar refractivity (Wildman–Crippen MR) is 113 cm³/mol. The van der Waals surface area contributed by atoms with Crippen molar-refractivity contribution in [3.05, 3.63) is 48.2 Å². The molecule has 8 heteroatoms. The number of methoxy groups -OCH3 is 1. The summed E-state index contributed by atoms with van der Waals surface area (Å²) >= 11 is 0. The summed E-state index contributed by atoms with van der Waals surface area (Å²) in [5.74, 6) is 1.57. The fraction of sp³-hybridized carbons (Fsp3) is 0.368. The number of anilines is 2. The van der Waals surface area contributed by atoms with Crippen LogP contribution in [0.2, 0.25) is 0 Å². The molecule has 3 rings (SSSR count). The number of para-hydroxylation sites is 2. The number of hydrogen-bond donors (Lipinski definition) is 2. The molecule has 2 aromatic rings. The highest BCUT2D eigenvalue weighted by Crippen LogP contribution is 2.30. The molecule has 1 amide bonds. The van der Waals surface area contributed by atoms with Crippen molar-refractivity contribution in [2.45, 2.75) is 19.4 Å². The lowest BCUT2D eigenvalue weighted by Gasteiger charge is -2.23. The van der Waals surface area contributed by atoms with Crippen LogP contribution in [0.3, 0.4) is 0 Å². The number of amides is 1. The van der Waals surface area contributed by atoms with E-state index in [0.717, 1.165) is 12.1 Å². The van der Waals surface area contributed by atoms with E-state index in [0.29, 0.717) is 36.1 Å². The van der Waals surface area contributed by atoms with E-state index in [9.17, 15) is 4.79 Å². The molecule has 2 heterocycles. The molecular weight excluding hydrogens is 387 g/mol. The summed E-state index contributed by atoms with van der Waals surface area (Å²) in [6.07, 6.45) is 2.61. The molecule has 3 N–H and O–H groups in total. The molecule has 6 nitrogen and oxygen atoms in total. The number of halogens is 2. The Hall–Kier alpha value is -2.02. The average Bonchev–Trinajstić information content (AvgIpc) is 3.03. The number of rotatable bonds is 5. The molecule has 0 spiro atoms. The summed E-state index contributed by atoms with van der Waals surface area (Å²) in [6, 6.07) is 11.3. The number of nitrogens with two attached hydrogens (primary N) is 1. The number of benzene rings is 1. The minimum absolute atomic E-state index is 0. The molecular formula is C19H26Cl2N4O2. The fourth-order valence-electron chi connectivity index (χ4n) is 3.30. The first-order valence-corrected chi connectivity index (χ1v) is 8.50. The lowest BCUT2D eigenvalue weighted by molar-refractivity contribution is 0.0744. The molecule has 1 aromatic heterocycles. The number of nitrogens with zero attached hydrogens (tertiary/aromatic N) is 2. The van der Waals surface area contributed by atoms with Crippen molar-refractivity contribution in [3.63, 3.8) is 0 Å². The highest BCUT2D eigenvalue weighted by molar-refractivity contribution is 5.99. The molecule has 1 aromatic carbocycles. The summed E-state index contributed by atoms with van der Waals surface area (Å²) in [4.78, 5) is 19.3. The zero-order valence-corrected chi connectivity index (χ0v) is 17.1. The Morgan fingerprint density at radius 3 is 2.70 bits per heavy atom. The van der Waals surface area contributed by atoms with Gasteiger partial charge in [-0.25, -0.2) is 4.98 Å². The molecule has 148 valence electrons. The molecule has 1 saturated heterocycles. The number of aromatic nitrogens is 1. The van der Waals surface area contributed by atoms with Crippen LogP contribution < -0.4 is 15.8 Å². The Bertz CT molecular complexity index is 760. The summed E-state index contributed by atoms with van der Waals surface area (Å²) in [6.45, 7) is 3.37. The van der Waals surface area contributed by atoms with Gasteiger partial charge in [-0.3, -0.25) is 4.79 Å². The normalized spacial score (nSPS) is 18.3. The van der Waals surface area contributed by atoms with Gasteiger partial charge in [0.05, 0.1) is 18.4 Å². The van der Waals surface area contributed by atoms with Gasteiger partial charge >= 0.3 is 0 Å². The van der Waals surface area contributed by atoms with Crippen LogP contribution in [0.1, 0.15) is 23.7 Å². The van der Waals surface area contributed by atoms with Gasteiger partial charge in [0.2, 0.25) is 0 Å². The maximum Gasteiger partial charge on any atom is 0.257 e. The van der Waals surface area contributed by atoms with Gasteiger partial charge in [-0.05, 0) is 50.1 Å². The Kier molecular flexibility index (Phi) is 8.82. The van der Waals surface area contributed by atoms with Gasteiger partial charge in [0.1, 0.15) is 11.6 Å². The van der Waals surface area contributed by atoms with Crippen molar-refractivity contribution in [2.75, 3.05) is 25.5 Å². The quantitative estimate of drug-likeness (QED) is 0.785. The number of carbonyl (C=O) groups is 1. The van der Waals surface area contributed by atoms with E-state index in [-0.39, 0.29) is 36.8 Å². The summed E-state index contributed by atoms with van der Waals surface area (Å²) in [7, 11) is 1.61. The lowest BCUT2D eigenvalue weighted by Crippen LogP contribution is -2.35. The predicted octanol–water partition coefficient (Wildman–Crippen LogP) is 3.49. The third kappa shape index (κ3) is 5.03. The van der Waals surface area contributed by atoms with Crippen molar-refractivity contribution in [2.24, 2.45) is 11.7 Å². The molecule has 1 aliphatic rings. The van der Waals surface area contributed by atoms with Crippen LogP contribution in [0.15, 0.2) is 42.6 Å². The van der Waals surface area contributed by atoms with Crippen LogP contribution in [0, 0.1) is 5.92 Å². The van der Waals surface area contributed by atoms with E-state index in [1.807, 2.05) is 29.2 Å². The Balaban J connectivity index is 0.00000182. The van der Waals surface area contributed by atoms with Gasteiger partial charge < -0.3 is 20.7 Å². The Morgan fingerprint density at radius 1 is 1.30 bits per heavy atom. The van der Waals surface area contributed by atoms with Crippen LogP contribution in [0.5, 0.6) is 5.75 Å². The summed E-state index contributed by atoms with van der Waals surface area (Å²) in [5.41, 5.74) is 7.11. The first-order valence-electron chi connectivity index (χ1n) is 8.50. The van der Waals surface area contributed by atoms with Crippen LogP contribution >= 0.6 is 24.8 Å². The third-order valence-electron chi connectivity index (χ3n) is 4.65. The van der Waals surface area contributed by atoms with Crippen LogP contribution in [0.4, 0.5) is 11.5 Å². The molecule has 0 radical (unpaired) electrons. The van der Waals surface area contributed by atoms with E-state index in [1.165, 1.54) is 0 Å². The minimum Gasteiger partial charge on any atom is -0.495 e. The van der Waals surface area contributed by atoms with E-state index < -0.39 is 0 Å². The first-order chi connectivity index (χ1) is 12.1. The molecule has 1 fully saturated rings. The van der Waals surface area contributed by atoms with Gasteiger partial charge in [-0.1, -0.05) is 12.1 Å². The van der Waals surface area contributed by atoms with Gasteiger partial charge in [-0.2, -0.15) is 0 Å². The molecule has 0 bridgehead atoms. The number of carbonyl (C=O) groups excluding carboxylic acids is 1. The van der Waals surface area contributed by atoms with Gasteiger partial charge in [0.25, 0.3) is 5.91 Å². The van der Waals surface area contributed by atoms with Crippen molar-refractivity contribution in [1.82, 2.24) is 9.88 Å². The van der Waals surface area contributed by atoms with Gasteiger partial charge in [-0.15, -0.1) is 24.8 Å². The maximum atomic E-state index is 13.1. The molecule has 0 saturated carbocycles. The second kappa shape index (κ2) is 10.3. The van der Waals surface area contributed by atoms with Crippen molar-refractivity contribution in [3.8, 4) is 5.75 Å². The second-order valence-electron chi connectivity index (χ2n) is 6.37. The standard InChI is InChI=1S/C19H24N4O2.2ClH/c1-13-10-14(11-20)12-23(13)19(24)15-6-5-9-21-18(15)22-16-7-3-4-8-17(16)25-2;;/h3-9,13-14H,10-12,20H2,1-2H3,(H,21,22);2*1H. The first kappa shape index (κ1) is 23.0. The highest BCUT2D eigenvalue weighted by atomic mass is 35.5. The number of pyridine rings is 1. The Morgan fingerprint density at radius 2 is 2.04 bits per heavy atom. The van der Waals surface area contributed by atoms with E-state index in [2.05, 4.69) is 17.2 Å². The average molecular weight is 413 g/mol. The molecule has 2 unspecified atom stereocenters. The largest absolute Gasteiger partial charge is 0.495 e. The molecule has 27 heavy (non-hydrogen) atoms. The zero-order valence-electron chi connectivity index (χ0n) is 15.4. The summed E-state index contributed by atoms with van der Waals surface area (Å²) in [5, 5.41) is 3.23. The van der Waals surface area contributed by atoms with E-state index in [1.54, 1.807) is 25.4 Å². The smallest absolute Gasteiger partial charge is 0.257 e. The topological polar surface area (TPSA) is 80.5 Å². The van der Waals surface area contributed by atoms with E-state index in [4.69, 9.17) is 10.5 Å². The third-order valence-corrected chi connectivity index (χ3v) is 4.65. The number of likely N-dealkylation sites (tertiary alicyclic amines) is 1. The van der Waals surface area contributed by atoms with Crippen molar-refractivity contribution < 1.29 is 9.53 Å². The fourth-order valence-corrected chi connectivity index (χ4v) is 3.30. The molecule has 0 aliphatic carbocycles. The van der Waals surface area contributed by atoms with E-state index >= 15 is 0 Å². The van der Waals surface area contributed by atoms with Crippen LogP contribution in [0.25, 0.3) is 0 Å². The van der Waals surface area contributed by atoms with Crippen molar-refractivity contribution >= 4 is 42.2 Å². The SMILES string of the molecule is COc1ccccc1Nc1ncccc1C(=O)N1CC(CN)CC1C.Cl.Cl. The monoisotopic (exact) mass is 412 g/mol. The van der Waals surface area contributed by atoms with Crippen LogP contribution in [-0.2, 0) is 0 Å². The number of ether oxygens (including phenoxy) is 1. The number of nitrogens with one attached hydrogen (secondary N) is 1. The lowest BCUT2D eigenvalue weighted by atomic mass is 10.1. The van der Waals surface area contributed by atoms with Gasteiger partial charge in [0.15, 0.2) is 0 Å². The highest BCUT2D eigenvalue weighted by Gasteiger charge is 2.33. The Labute approximate surface area is 172 Å². The zero-order chi connectivity index (χ0) is 17.8. The van der Waals surface area contributed by atoms with Crippen molar-refractivity contribution in [1.29, 1.82) is 0 Å². The maximum absolute atomic E-state index is 13.1. The van der Waals surface area contributed by atoms with Crippen LogP contribution in [-0.4, -0.2) is 42.0 Å². The minimum atomic E-state index is -0.0195. The summed E-state index contributed by atoms with van der Waals surface area (Å²) < 4.78 is 5.36. The molecule has 1 aliphatic heterocycles. The second-order valence-corrected chi connectivity index (χ2v) is 6.37.